The van der Waals surface area contributed by atoms with E-state index in [1.807, 2.05) is 49.4 Å². The summed E-state index contributed by atoms with van der Waals surface area (Å²) in [7, 11) is 0. The van der Waals surface area contributed by atoms with E-state index in [1.54, 1.807) is 0 Å². The molecule has 0 aromatic heterocycles. The Balaban J connectivity index is 2.08. The van der Waals surface area contributed by atoms with Gasteiger partial charge in [0.15, 0.2) is 0 Å². The zero-order chi connectivity index (χ0) is 13.8. The van der Waals surface area contributed by atoms with Gasteiger partial charge in [0.1, 0.15) is 0 Å². The molecule has 0 spiro atoms. The molecule has 2 N–H and O–H groups in total. The predicted molar refractivity (Wildman–Crippen MR) is 90.7 cm³/mol. The van der Waals surface area contributed by atoms with E-state index in [0.29, 0.717) is 0 Å². The minimum Gasteiger partial charge on any atom is -0.307 e. The highest BCUT2D eigenvalue weighted by Gasteiger charge is 2.06. The Hall–Kier alpha value is -1.08. The molecule has 0 unspecified atom stereocenters. The Kier molecular flexibility index (Phi) is 4.81. The number of para-hydroxylation sites is 1. The van der Waals surface area contributed by atoms with Crippen LogP contribution in [0.1, 0.15) is 5.56 Å². The van der Waals surface area contributed by atoms with E-state index in [2.05, 4.69) is 49.2 Å². The van der Waals surface area contributed by atoms with E-state index in [-0.39, 0.29) is 6.03 Å². The molecule has 0 aliphatic heterocycles. The molecular weight excluding hydrogens is 419 g/mol. The third kappa shape index (κ3) is 3.94. The molecule has 5 heteroatoms. The van der Waals surface area contributed by atoms with Crippen molar-refractivity contribution in [2.75, 3.05) is 10.6 Å². The Morgan fingerprint density at radius 3 is 2.47 bits per heavy atom. The molecule has 0 saturated carbocycles. The number of anilines is 2. The number of carbonyl (C=O) groups excluding carboxylic acids is 1. The van der Waals surface area contributed by atoms with Gasteiger partial charge in [-0.15, -0.1) is 0 Å². The van der Waals surface area contributed by atoms with Crippen LogP contribution in [0.3, 0.4) is 0 Å². The molecule has 3 nitrogen and oxygen atoms in total. The van der Waals surface area contributed by atoms with Crippen molar-refractivity contribution in [3.63, 3.8) is 0 Å². The summed E-state index contributed by atoms with van der Waals surface area (Å²) in [6.07, 6.45) is 0. The van der Waals surface area contributed by atoms with E-state index in [9.17, 15) is 4.79 Å². The van der Waals surface area contributed by atoms with Gasteiger partial charge in [0, 0.05) is 13.7 Å². The van der Waals surface area contributed by atoms with E-state index in [0.717, 1.165) is 25.0 Å². The Bertz CT molecular complexity index is 616. The number of carbonyl (C=O) groups is 1. The minimum absolute atomic E-state index is 0.241. The van der Waals surface area contributed by atoms with Gasteiger partial charge in [0.05, 0.1) is 5.69 Å². The maximum Gasteiger partial charge on any atom is 0.323 e. The second-order valence-electron chi connectivity index (χ2n) is 4.02. The summed E-state index contributed by atoms with van der Waals surface area (Å²) < 4.78 is 2.00. The number of hydrogen-bond donors (Lipinski definition) is 2. The van der Waals surface area contributed by atoms with Crippen molar-refractivity contribution in [1.82, 2.24) is 0 Å². The van der Waals surface area contributed by atoms with Crippen molar-refractivity contribution >= 4 is 55.9 Å². The van der Waals surface area contributed by atoms with E-state index < -0.39 is 0 Å². The fourth-order valence-electron chi connectivity index (χ4n) is 1.61. The molecule has 2 aromatic carbocycles. The van der Waals surface area contributed by atoms with Crippen LogP contribution in [0.2, 0.25) is 0 Å². The fourth-order valence-corrected chi connectivity index (χ4v) is 2.60. The van der Waals surface area contributed by atoms with Crippen LogP contribution in [0, 0.1) is 10.5 Å². The largest absolute Gasteiger partial charge is 0.323 e. The first-order valence-electron chi connectivity index (χ1n) is 5.65. The topological polar surface area (TPSA) is 41.1 Å². The first-order valence-corrected chi connectivity index (χ1v) is 7.52. The molecule has 19 heavy (non-hydrogen) atoms. The molecule has 0 saturated heterocycles. The fraction of sp³-hybridized carbons (Fsp3) is 0.0714. The monoisotopic (exact) mass is 430 g/mol. The molecule has 0 radical (unpaired) electrons. The molecular formula is C14H12BrIN2O. The lowest BCUT2D eigenvalue weighted by Gasteiger charge is -2.11. The average Bonchev–Trinajstić information content (AvgIpc) is 2.36. The van der Waals surface area contributed by atoms with Gasteiger partial charge in [-0.3, -0.25) is 0 Å². The second-order valence-corrected chi connectivity index (χ2v) is 6.10. The van der Waals surface area contributed by atoms with Crippen molar-refractivity contribution in [3.05, 3.63) is 56.1 Å². The number of urea groups is 1. The third-order valence-electron chi connectivity index (χ3n) is 2.56. The molecule has 0 aliphatic carbocycles. The summed E-state index contributed by atoms with van der Waals surface area (Å²) in [6.45, 7) is 1.95. The lowest BCUT2D eigenvalue weighted by atomic mass is 10.2. The number of rotatable bonds is 2. The molecule has 0 fully saturated rings. The molecule has 0 aliphatic rings. The molecule has 2 aromatic rings. The van der Waals surface area contributed by atoms with Crippen molar-refractivity contribution in [1.29, 1.82) is 0 Å². The van der Waals surface area contributed by atoms with E-state index in [4.69, 9.17) is 0 Å². The number of hydrogen-bond acceptors (Lipinski definition) is 1. The average molecular weight is 431 g/mol. The maximum atomic E-state index is 11.9. The quantitative estimate of drug-likeness (QED) is 0.646. The molecule has 0 heterocycles. The standard InChI is InChI=1S/C14H12BrIN2O/c1-9-8-10(15)6-7-12(9)17-14(19)18-13-5-3-2-4-11(13)16/h2-8H,1H3,(H2,17,18,19). The van der Waals surface area contributed by atoms with Crippen LogP contribution in [-0.2, 0) is 0 Å². The Morgan fingerprint density at radius 2 is 1.79 bits per heavy atom. The number of nitrogens with one attached hydrogen (secondary N) is 2. The Labute approximate surface area is 134 Å². The van der Waals surface area contributed by atoms with Gasteiger partial charge in [-0.2, -0.15) is 0 Å². The lowest BCUT2D eigenvalue weighted by molar-refractivity contribution is 0.262. The van der Waals surface area contributed by atoms with Gasteiger partial charge in [-0.1, -0.05) is 28.1 Å². The van der Waals surface area contributed by atoms with Crippen LogP contribution < -0.4 is 10.6 Å². The van der Waals surface area contributed by atoms with Crippen molar-refractivity contribution in [3.8, 4) is 0 Å². The van der Waals surface area contributed by atoms with Crippen molar-refractivity contribution in [2.24, 2.45) is 0 Å². The van der Waals surface area contributed by atoms with Crippen LogP contribution in [-0.4, -0.2) is 6.03 Å². The highest BCUT2D eigenvalue weighted by molar-refractivity contribution is 14.1. The molecule has 2 amide bonds. The van der Waals surface area contributed by atoms with Crippen LogP contribution in [0.5, 0.6) is 0 Å². The van der Waals surface area contributed by atoms with Crippen LogP contribution in [0.15, 0.2) is 46.9 Å². The zero-order valence-corrected chi connectivity index (χ0v) is 13.9. The smallest absolute Gasteiger partial charge is 0.307 e. The second kappa shape index (κ2) is 6.38. The van der Waals surface area contributed by atoms with E-state index >= 15 is 0 Å². The number of halogens is 2. The van der Waals surface area contributed by atoms with Gasteiger partial charge >= 0.3 is 6.03 Å². The summed E-state index contributed by atoms with van der Waals surface area (Å²) in [6, 6.07) is 13.1. The van der Waals surface area contributed by atoms with Crippen LogP contribution in [0.4, 0.5) is 16.2 Å². The summed E-state index contributed by atoms with van der Waals surface area (Å²) in [4.78, 5) is 11.9. The summed E-state index contributed by atoms with van der Waals surface area (Å²) in [5.74, 6) is 0. The maximum absolute atomic E-state index is 11.9. The van der Waals surface area contributed by atoms with Crippen molar-refractivity contribution < 1.29 is 4.79 Å². The normalized spacial score (nSPS) is 10.1. The third-order valence-corrected chi connectivity index (χ3v) is 3.99. The SMILES string of the molecule is Cc1cc(Br)ccc1NC(=O)Nc1ccccc1I. The number of aryl methyl sites for hydroxylation is 1. The molecule has 0 bridgehead atoms. The lowest BCUT2D eigenvalue weighted by Crippen LogP contribution is -2.20. The summed E-state index contributed by atoms with van der Waals surface area (Å²) in [5.41, 5.74) is 2.61. The summed E-state index contributed by atoms with van der Waals surface area (Å²) >= 11 is 5.58. The minimum atomic E-state index is -0.241. The van der Waals surface area contributed by atoms with Crippen LogP contribution >= 0.6 is 38.5 Å². The van der Waals surface area contributed by atoms with E-state index in [1.165, 1.54) is 0 Å². The first kappa shape index (κ1) is 14.3. The zero-order valence-electron chi connectivity index (χ0n) is 10.2. The predicted octanol–water partition coefficient (Wildman–Crippen LogP) is 5.01. The molecule has 2 rings (SSSR count). The van der Waals surface area contributed by atoms with Gasteiger partial charge in [0.2, 0.25) is 0 Å². The van der Waals surface area contributed by atoms with Crippen molar-refractivity contribution in [2.45, 2.75) is 6.92 Å². The van der Waals surface area contributed by atoms with Gasteiger partial charge in [-0.25, -0.2) is 4.79 Å². The first-order chi connectivity index (χ1) is 9.06. The van der Waals surface area contributed by atoms with Gasteiger partial charge < -0.3 is 10.6 Å². The molecule has 0 atom stereocenters. The summed E-state index contributed by atoms with van der Waals surface area (Å²) in [5, 5.41) is 5.67. The molecule has 98 valence electrons. The Morgan fingerprint density at radius 1 is 1.11 bits per heavy atom. The highest BCUT2D eigenvalue weighted by Crippen LogP contribution is 2.21. The number of amides is 2. The number of benzene rings is 2. The van der Waals surface area contributed by atoms with Gasteiger partial charge in [0.25, 0.3) is 0 Å². The van der Waals surface area contributed by atoms with Gasteiger partial charge in [-0.05, 0) is 65.4 Å². The highest BCUT2D eigenvalue weighted by atomic mass is 127. The van der Waals surface area contributed by atoms with Crippen LogP contribution in [0.25, 0.3) is 0 Å².